The summed E-state index contributed by atoms with van der Waals surface area (Å²) in [5.41, 5.74) is 4.78. The van der Waals surface area contributed by atoms with Gasteiger partial charge >= 0.3 is 0 Å². The van der Waals surface area contributed by atoms with Gasteiger partial charge in [-0.05, 0) is 50.7 Å². The average Bonchev–Trinajstić information content (AvgIpc) is 3.48. The molecule has 1 atom stereocenters. The summed E-state index contributed by atoms with van der Waals surface area (Å²) in [6, 6.07) is 8.11. The molecule has 1 unspecified atom stereocenters. The Morgan fingerprint density at radius 3 is 2.53 bits per heavy atom. The number of aryl methyl sites for hydroxylation is 1. The van der Waals surface area contributed by atoms with Crippen molar-refractivity contribution >= 4 is 67.2 Å². The van der Waals surface area contributed by atoms with Crippen LogP contribution >= 0.6 is 11.6 Å². The Kier molecular flexibility index (Phi) is 8.76. The molecule has 2 aromatic heterocycles. The van der Waals surface area contributed by atoms with Gasteiger partial charge in [0.1, 0.15) is 22.0 Å². The number of aromatic nitrogens is 4. The number of anilines is 6. The molecule has 2 N–H and O–H groups in total. The molecule has 12 nitrogen and oxygen atoms in total. The summed E-state index contributed by atoms with van der Waals surface area (Å²) in [6.45, 7) is 4.08. The Labute approximate surface area is 257 Å². The molecular weight excluding hydrogens is 590 g/mol. The lowest BCUT2D eigenvalue weighted by molar-refractivity contribution is 0.315. The van der Waals surface area contributed by atoms with E-state index in [1.165, 1.54) is 25.0 Å². The molecule has 1 saturated heterocycles. The molecule has 1 aliphatic rings. The number of nitrogens with one attached hydrogen (secondary N) is 2. The van der Waals surface area contributed by atoms with Crippen LogP contribution in [0.1, 0.15) is 18.9 Å². The molecule has 0 amide bonds. The third-order valence-corrected chi connectivity index (χ3v) is 9.14. The van der Waals surface area contributed by atoms with E-state index >= 15 is 0 Å². The maximum absolute atomic E-state index is 12.5. The molecule has 2 aromatic carbocycles. The van der Waals surface area contributed by atoms with Crippen LogP contribution in [0.3, 0.4) is 0 Å². The standard InChI is InChI=1S/C29H36ClN9O3S/c1-7-18-14-23(25(42-5)15-24(18)39-13-10-19(17-39)37(2)3)35-29-33-16-20(30)28(36-29)34-22-9-8-21-26(32-12-11-31-21)27(22)38(4)43(6,40)41/h8-9,11-12,14-16,19H,7,10,13,17H2,1-6H3,(H2,33,34,35,36). The first-order valence-electron chi connectivity index (χ1n) is 13.9. The van der Waals surface area contributed by atoms with Gasteiger partial charge in [-0.25, -0.2) is 13.4 Å². The maximum Gasteiger partial charge on any atom is 0.232 e. The highest BCUT2D eigenvalue weighted by Gasteiger charge is 2.27. The number of hydrogen-bond donors (Lipinski definition) is 2. The van der Waals surface area contributed by atoms with Gasteiger partial charge in [0.15, 0.2) is 5.82 Å². The molecular formula is C29H36ClN9O3S. The molecule has 3 heterocycles. The molecule has 0 spiro atoms. The SMILES string of the molecule is CCc1cc(Nc2ncc(Cl)c(Nc3ccc4nccnc4c3N(C)S(C)(=O)=O)n2)c(OC)cc1N1CCC(N(C)C)C1. The second-order valence-electron chi connectivity index (χ2n) is 10.6. The van der Waals surface area contributed by atoms with Crippen molar-refractivity contribution in [2.45, 2.75) is 25.8 Å². The fourth-order valence-electron chi connectivity index (χ4n) is 5.21. The minimum absolute atomic E-state index is 0.249. The lowest BCUT2D eigenvalue weighted by Gasteiger charge is -2.25. The normalized spacial score (nSPS) is 15.3. The van der Waals surface area contributed by atoms with E-state index < -0.39 is 10.0 Å². The Balaban J connectivity index is 1.48. The number of rotatable bonds is 10. The largest absolute Gasteiger partial charge is 0.494 e. The van der Waals surface area contributed by atoms with E-state index in [0.29, 0.717) is 34.2 Å². The van der Waals surface area contributed by atoms with Crippen LogP contribution in [0.4, 0.5) is 34.5 Å². The number of hydrogen-bond acceptors (Lipinski definition) is 11. The molecule has 14 heteroatoms. The Morgan fingerprint density at radius 2 is 1.86 bits per heavy atom. The predicted octanol–water partition coefficient (Wildman–Crippen LogP) is 4.67. The highest BCUT2D eigenvalue weighted by Crippen LogP contribution is 2.39. The minimum Gasteiger partial charge on any atom is -0.494 e. The van der Waals surface area contributed by atoms with Crippen LogP contribution in [0.15, 0.2) is 42.9 Å². The van der Waals surface area contributed by atoms with Crippen molar-refractivity contribution in [3.05, 3.63) is 53.4 Å². The van der Waals surface area contributed by atoms with Crippen molar-refractivity contribution in [2.75, 3.05) is 67.4 Å². The van der Waals surface area contributed by atoms with Crippen LogP contribution in [-0.2, 0) is 16.4 Å². The Morgan fingerprint density at radius 1 is 1.09 bits per heavy atom. The molecule has 4 aromatic rings. The number of likely N-dealkylation sites (N-methyl/N-ethyl adjacent to an activating group) is 1. The van der Waals surface area contributed by atoms with Crippen molar-refractivity contribution in [2.24, 2.45) is 0 Å². The molecule has 0 saturated carbocycles. The van der Waals surface area contributed by atoms with Crippen molar-refractivity contribution in [1.29, 1.82) is 0 Å². The van der Waals surface area contributed by atoms with Gasteiger partial charge in [0, 0.05) is 50.3 Å². The van der Waals surface area contributed by atoms with Gasteiger partial charge in [0.05, 0.1) is 36.5 Å². The number of sulfonamides is 1. The highest BCUT2D eigenvalue weighted by atomic mass is 35.5. The van der Waals surface area contributed by atoms with Crippen LogP contribution in [-0.4, -0.2) is 86.9 Å². The summed E-state index contributed by atoms with van der Waals surface area (Å²) in [4.78, 5) is 22.4. The van der Waals surface area contributed by atoms with Gasteiger partial charge in [0.25, 0.3) is 0 Å². The summed E-state index contributed by atoms with van der Waals surface area (Å²) < 4.78 is 32.0. The zero-order valence-corrected chi connectivity index (χ0v) is 26.7. The molecule has 43 heavy (non-hydrogen) atoms. The molecule has 1 aliphatic heterocycles. The van der Waals surface area contributed by atoms with Crippen molar-refractivity contribution in [3.8, 4) is 5.75 Å². The first-order chi connectivity index (χ1) is 20.5. The van der Waals surface area contributed by atoms with Crippen LogP contribution in [0.25, 0.3) is 11.0 Å². The predicted molar refractivity (Wildman–Crippen MR) is 173 cm³/mol. The first kappa shape index (κ1) is 30.5. The second kappa shape index (κ2) is 12.3. The van der Waals surface area contributed by atoms with Gasteiger partial charge in [-0.2, -0.15) is 4.98 Å². The topological polar surface area (TPSA) is 129 Å². The number of nitrogens with zero attached hydrogens (tertiary/aromatic N) is 7. The number of ether oxygens (including phenoxy) is 1. The van der Waals surface area contributed by atoms with Gasteiger partial charge < -0.3 is 25.2 Å². The number of methoxy groups -OCH3 is 1. The third-order valence-electron chi connectivity index (χ3n) is 7.69. The van der Waals surface area contributed by atoms with E-state index in [9.17, 15) is 8.42 Å². The zero-order valence-electron chi connectivity index (χ0n) is 25.1. The highest BCUT2D eigenvalue weighted by molar-refractivity contribution is 7.92. The Bertz CT molecular complexity index is 1750. The lowest BCUT2D eigenvalue weighted by Crippen LogP contribution is -2.31. The lowest BCUT2D eigenvalue weighted by atomic mass is 10.1. The van der Waals surface area contributed by atoms with E-state index in [0.717, 1.165) is 47.9 Å². The van der Waals surface area contributed by atoms with Crippen molar-refractivity contribution in [3.63, 3.8) is 0 Å². The second-order valence-corrected chi connectivity index (χ2v) is 13.1. The van der Waals surface area contributed by atoms with Crippen LogP contribution < -0.4 is 24.6 Å². The quantitative estimate of drug-likeness (QED) is 0.255. The fourth-order valence-corrected chi connectivity index (χ4v) is 5.87. The smallest absolute Gasteiger partial charge is 0.232 e. The van der Waals surface area contributed by atoms with Gasteiger partial charge in [-0.15, -0.1) is 0 Å². The maximum atomic E-state index is 12.5. The van der Waals surface area contributed by atoms with E-state index in [1.807, 2.05) is 0 Å². The average molecular weight is 626 g/mol. The summed E-state index contributed by atoms with van der Waals surface area (Å²) in [5.74, 6) is 1.23. The molecule has 228 valence electrons. The summed E-state index contributed by atoms with van der Waals surface area (Å²) >= 11 is 6.51. The summed E-state index contributed by atoms with van der Waals surface area (Å²) in [7, 11) is 3.72. The van der Waals surface area contributed by atoms with E-state index in [2.05, 4.69) is 73.5 Å². The van der Waals surface area contributed by atoms with Gasteiger partial charge in [-0.3, -0.25) is 14.3 Å². The van der Waals surface area contributed by atoms with E-state index in [-0.39, 0.29) is 16.8 Å². The number of benzene rings is 2. The third kappa shape index (κ3) is 6.38. The molecule has 0 radical (unpaired) electrons. The summed E-state index contributed by atoms with van der Waals surface area (Å²) in [6.07, 6.45) is 7.62. The summed E-state index contributed by atoms with van der Waals surface area (Å²) in [5, 5.41) is 6.72. The van der Waals surface area contributed by atoms with Crippen molar-refractivity contribution in [1.82, 2.24) is 24.8 Å². The minimum atomic E-state index is -3.62. The Hall–Kier alpha value is -3.94. The number of fused-ring (bicyclic) bond motifs is 1. The molecule has 0 bridgehead atoms. The fraction of sp³-hybridized carbons (Fsp3) is 0.379. The first-order valence-corrected chi connectivity index (χ1v) is 16.1. The van der Waals surface area contributed by atoms with E-state index in [1.54, 1.807) is 25.4 Å². The number of halogens is 1. The van der Waals surface area contributed by atoms with Crippen LogP contribution in [0.2, 0.25) is 5.02 Å². The zero-order chi connectivity index (χ0) is 30.9. The van der Waals surface area contributed by atoms with Gasteiger partial charge in [0.2, 0.25) is 16.0 Å². The van der Waals surface area contributed by atoms with Gasteiger partial charge in [-0.1, -0.05) is 18.5 Å². The molecule has 1 fully saturated rings. The van der Waals surface area contributed by atoms with E-state index in [4.69, 9.17) is 16.3 Å². The molecule has 5 rings (SSSR count). The molecule has 0 aliphatic carbocycles. The van der Waals surface area contributed by atoms with Crippen LogP contribution in [0.5, 0.6) is 5.75 Å². The van der Waals surface area contributed by atoms with Crippen molar-refractivity contribution < 1.29 is 13.2 Å². The monoisotopic (exact) mass is 625 g/mol. The van der Waals surface area contributed by atoms with Crippen LogP contribution in [0, 0.1) is 0 Å².